The van der Waals surface area contributed by atoms with Crippen LogP contribution in [0.5, 0.6) is 5.75 Å². The van der Waals surface area contributed by atoms with Crippen LogP contribution in [-0.4, -0.2) is 49.9 Å². The molecule has 10 nitrogen and oxygen atoms in total. The summed E-state index contributed by atoms with van der Waals surface area (Å²) in [5.41, 5.74) is 8.50. The summed E-state index contributed by atoms with van der Waals surface area (Å²) in [6.07, 6.45) is 3.24. The Hall–Kier alpha value is -4.16. The topological polar surface area (TPSA) is 125 Å². The molecule has 3 aliphatic rings. The van der Waals surface area contributed by atoms with Gasteiger partial charge in [-0.3, -0.25) is 19.5 Å². The Bertz CT molecular complexity index is 1860. The number of carbonyl (C=O) groups is 2. The lowest BCUT2D eigenvalue weighted by Crippen LogP contribution is -2.50. The average Bonchev–Trinajstić information content (AvgIpc) is 3.73. The number of carbonyl (C=O) groups excluding carboxylic acids is 2. The third-order valence-electron chi connectivity index (χ3n) is 8.90. The van der Waals surface area contributed by atoms with E-state index >= 15 is 8.78 Å². The molecule has 5 heterocycles. The Kier molecular flexibility index (Phi) is 7.47. The number of pyridine rings is 2. The molecule has 46 heavy (non-hydrogen) atoms. The predicted molar refractivity (Wildman–Crippen MR) is 167 cm³/mol. The minimum atomic E-state index is -4.13. The van der Waals surface area contributed by atoms with Gasteiger partial charge in [-0.15, -0.1) is 0 Å². The molecule has 240 valence electrons. The first-order valence-electron chi connectivity index (χ1n) is 15.3. The van der Waals surface area contributed by atoms with Crippen LogP contribution in [0, 0.1) is 11.8 Å². The van der Waals surface area contributed by atoms with E-state index in [-0.39, 0.29) is 29.1 Å². The van der Waals surface area contributed by atoms with Crippen molar-refractivity contribution < 1.29 is 27.8 Å². The van der Waals surface area contributed by atoms with E-state index in [9.17, 15) is 9.59 Å². The molecule has 1 aliphatic carbocycles. The molecule has 0 radical (unpaired) electrons. The number of alkyl halides is 2. The summed E-state index contributed by atoms with van der Waals surface area (Å²) in [6.45, 7) is 5.19. The number of aromatic nitrogens is 4. The highest BCUT2D eigenvalue weighted by atomic mass is 35.5. The number of amides is 2. The van der Waals surface area contributed by atoms with E-state index in [1.165, 1.54) is 18.3 Å². The first kappa shape index (κ1) is 30.5. The van der Waals surface area contributed by atoms with Crippen molar-refractivity contribution in [1.29, 1.82) is 0 Å². The Labute approximate surface area is 268 Å². The van der Waals surface area contributed by atoms with Crippen LogP contribution in [0.25, 0.3) is 22.2 Å². The first-order valence-corrected chi connectivity index (χ1v) is 15.7. The molecule has 7 rings (SSSR count). The van der Waals surface area contributed by atoms with Gasteiger partial charge in [-0.1, -0.05) is 17.7 Å². The number of anilines is 1. The van der Waals surface area contributed by atoms with Crippen LogP contribution in [0.3, 0.4) is 0 Å². The maximum absolute atomic E-state index is 15.0. The van der Waals surface area contributed by atoms with Gasteiger partial charge in [0.2, 0.25) is 0 Å². The predicted octanol–water partition coefficient (Wildman–Crippen LogP) is 5.92. The third kappa shape index (κ3) is 5.79. The monoisotopic (exact) mass is 650 g/mol. The summed E-state index contributed by atoms with van der Waals surface area (Å²) in [5, 5.41) is 5.63. The van der Waals surface area contributed by atoms with Crippen molar-refractivity contribution in [1.82, 2.24) is 19.7 Å². The fourth-order valence-corrected chi connectivity index (χ4v) is 6.69. The van der Waals surface area contributed by atoms with E-state index in [1.807, 2.05) is 4.68 Å². The summed E-state index contributed by atoms with van der Waals surface area (Å²) in [4.78, 5) is 36.0. The molecular formula is C33H33ClF2N6O4. The Morgan fingerprint density at radius 1 is 1.13 bits per heavy atom. The Balaban J connectivity index is 1.34. The standard InChI is InChI=1S/C33H33ClF2N6O4/c1-32(2)13-19(9-10-45-32)16-42-30-23(15-39-42)27(28(29(37)43)24(40-30)11-18-3-4-18)20-5-8-25-26(12-20)46-33(35,36)31(44)41(25)17-22-7-6-21(34)14-38-22/h5-8,12,14-15,18-19H,3-4,9-11,13,16-17H2,1-2H3,(H2,37,43). The van der Waals surface area contributed by atoms with E-state index in [0.717, 1.165) is 30.6 Å². The van der Waals surface area contributed by atoms with Crippen molar-refractivity contribution in [2.45, 2.75) is 70.8 Å². The first-order chi connectivity index (χ1) is 21.9. The van der Waals surface area contributed by atoms with E-state index in [2.05, 4.69) is 23.9 Å². The van der Waals surface area contributed by atoms with Gasteiger partial charge in [0.1, 0.15) is 0 Å². The van der Waals surface area contributed by atoms with Gasteiger partial charge in [0.25, 0.3) is 5.91 Å². The van der Waals surface area contributed by atoms with Gasteiger partial charge in [-0.05, 0) is 87.6 Å². The van der Waals surface area contributed by atoms with Crippen LogP contribution in [0.1, 0.15) is 61.3 Å². The molecule has 3 aromatic heterocycles. The van der Waals surface area contributed by atoms with Crippen molar-refractivity contribution in [2.75, 3.05) is 11.5 Å². The molecule has 2 amide bonds. The highest BCUT2D eigenvalue weighted by molar-refractivity contribution is 6.30. The van der Waals surface area contributed by atoms with Gasteiger partial charge in [-0.2, -0.15) is 13.9 Å². The van der Waals surface area contributed by atoms with Gasteiger partial charge >= 0.3 is 12.0 Å². The van der Waals surface area contributed by atoms with E-state index in [1.54, 1.807) is 24.4 Å². The maximum Gasteiger partial charge on any atom is 0.482 e. The second-order valence-electron chi connectivity index (χ2n) is 13.0. The Morgan fingerprint density at radius 2 is 1.93 bits per heavy atom. The number of halogens is 3. The summed E-state index contributed by atoms with van der Waals surface area (Å²) in [5.74, 6) is -1.73. The lowest BCUT2D eigenvalue weighted by molar-refractivity contribution is -0.193. The summed E-state index contributed by atoms with van der Waals surface area (Å²) >= 11 is 5.93. The molecule has 2 N–H and O–H groups in total. The van der Waals surface area contributed by atoms with E-state index in [4.69, 9.17) is 31.8 Å². The van der Waals surface area contributed by atoms with Crippen LogP contribution in [-0.2, 0) is 29.0 Å². The quantitative estimate of drug-likeness (QED) is 0.251. The molecule has 0 spiro atoms. The molecule has 1 atom stereocenters. The number of hydrogen-bond donors (Lipinski definition) is 1. The third-order valence-corrected chi connectivity index (χ3v) is 9.12. The number of hydrogen-bond acceptors (Lipinski definition) is 7. The summed E-state index contributed by atoms with van der Waals surface area (Å²) in [7, 11) is 0. The number of rotatable bonds is 8. The SMILES string of the molecule is CC1(C)CC(Cn2ncc3c(-c4ccc5c(c4)OC(F)(F)C(=O)N5Cc4ccc(Cl)cn4)c(C(N)=O)c(CC4CC4)nc32)CCO1. The molecule has 2 fully saturated rings. The lowest BCUT2D eigenvalue weighted by Gasteiger charge is -2.35. The number of benzene rings is 1. The smallest absolute Gasteiger partial charge is 0.423 e. The van der Waals surface area contributed by atoms with Gasteiger partial charge in [0.05, 0.1) is 46.0 Å². The minimum Gasteiger partial charge on any atom is -0.423 e. The second kappa shape index (κ2) is 11.3. The van der Waals surface area contributed by atoms with E-state index < -0.39 is 17.9 Å². The van der Waals surface area contributed by atoms with Gasteiger partial charge < -0.3 is 15.2 Å². The van der Waals surface area contributed by atoms with Crippen LogP contribution in [0.15, 0.2) is 42.7 Å². The largest absolute Gasteiger partial charge is 0.482 e. The van der Waals surface area contributed by atoms with Gasteiger partial charge in [-0.25, -0.2) is 9.67 Å². The van der Waals surface area contributed by atoms with Crippen LogP contribution in [0.2, 0.25) is 5.02 Å². The van der Waals surface area contributed by atoms with Crippen LogP contribution >= 0.6 is 11.6 Å². The molecule has 4 aromatic rings. The van der Waals surface area contributed by atoms with Crippen molar-refractivity contribution in [2.24, 2.45) is 17.6 Å². The van der Waals surface area contributed by atoms with Gasteiger partial charge in [0.15, 0.2) is 11.4 Å². The fourth-order valence-electron chi connectivity index (χ4n) is 6.58. The highest BCUT2D eigenvalue weighted by Gasteiger charge is 2.50. The van der Waals surface area contributed by atoms with Crippen molar-refractivity contribution in [3.05, 3.63) is 64.7 Å². The van der Waals surface area contributed by atoms with Crippen molar-refractivity contribution >= 4 is 40.1 Å². The Morgan fingerprint density at radius 3 is 2.63 bits per heavy atom. The molecule has 2 aliphatic heterocycles. The molecule has 1 unspecified atom stereocenters. The number of fused-ring (bicyclic) bond motifs is 2. The van der Waals surface area contributed by atoms with E-state index in [0.29, 0.717) is 70.0 Å². The maximum atomic E-state index is 15.0. The second-order valence-corrected chi connectivity index (χ2v) is 13.4. The zero-order valence-corrected chi connectivity index (χ0v) is 26.2. The summed E-state index contributed by atoms with van der Waals surface area (Å²) < 4.78 is 42.8. The number of nitrogens with zero attached hydrogens (tertiary/aromatic N) is 5. The average molecular weight is 651 g/mol. The lowest BCUT2D eigenvalue weighted by atomic mass is 9.88. The van der Waals surface area contributed by atoms with Crippen LogP contribution in [0.4, 0.5) is 14.5 Å². The zero-order chi connectivity index (χ0) is 32.4. The minimum absolute atomic E-state index is 0.137. The molecule has 0 bridgehead atoms. The molecule has 13 heteroatoms. The van der Waals surface area contributed by atoms with Crippen molar-refractivity contribution in [3.63, 3.8) is 0 Å². The summed E-state index contributed by atoms with van der Waals surface area (Å²) in [6, 6.07) is 7.74. The number of primary amides is 1. The normalized spacial score (nSPS) is 20.4. The number of nitrogens with two attached hydrogens (primary N) is 1. The van der Waals surface area contributed by atoms with Crippen LogP contribution < -0.4 is 15.4 Å². The molecule has 1 saturated carbocycles. The molecular weight excluding hydrogens is 618 g/mol. The number of ether oxygens (including phenoxy) is 2. The zero-order valence-electron chi connectivity index (χ0n) is 25.4. The molecule has 1 saturated heterocycles. The highest BCUT2D eigenvalue weighted by Crippen LogP contribution is 2.45. The fraction of sp³-hybridized carbons (Fsp3) is 0.424. The van der Waals surface area contributed by atoms with Crippen molar-refractivity contribution in [3.8, 4) is 16.9 Å². The van der Waals surface area contributed by atoms with Gasteiger partial charge in [0, 0.05) is 30.3 Å². The molecule has 1 aromatic carbocycles.